The molecule has 0 unspecified atom stereocenters. The smallest absolute Gasteiger partial charge is 0.159 e. The van der Waals surface area contributed by atoms with Crippen LogP contribution >= 0.6 is 0 Å². The Morgan fingerprint density at radius 1 is 1.43 bits per heavy atom. The lowest BCUT2D eigenvalue weighted by molar-refractivity contribution is -0.114. The van der Waals surface area contributed by atoms with E-state index in [-0.39, 0.29) is 5.78 Å². The van der Waals surface area contributed by atoms with Gasteiger partial charge in [0.1, 0.15) is 20.4 Å². The van der Waals surface area contributed by atoms with Crippen molar-refractivity contribution in [2.45, 2.75) is 32.5 Å². The van der Waals surface area contributed by atoms with Crippen molar-refractivity contribution < 1.29 is 9.53 Å². The Morgan fingerprint density at radius 2 is 2.14 bits per heavy atom. The Kier molecular flexibility index (Phi) is 3.53. The molecule has 1 rings (SSSR count). The van der Waals surface area contributed by atoms with Crippen LogP contribution in [0, 0.1) is 11.5 Å². The molecule has 76 valence electrons. The minimum atomic E-state index is -1.28. The van der Waals surface area contributed by atoms with Crippen LogP contribution in [0.15, 0.2) is 11.8 Å². The second-order valence-electron chi connectivity index (χ2n) is 4.42. The Hall–Kier alpha value is -1.01. The zero-order chi connectivity index (χ0) is 10.6. The zero-order valence-corrected chi connectivity index (χ0v) is 10.0. The van der Waals surface area contributed by atoms with Gasteiger partial charge in [0.2, 0.25) is 0 Å². The third kappa shape index (κ3) is 4.29. The fourth-order valence-electron chi connectivity index (χ4n) is 1.11. The van der Waals surface area contributed by atoms with Crippen molar-refractivity contribution in [3.63, 3.8) is 0 Å². The van der Waals surface area contributed by atoms with Gasteiger partial charge in [-0.2, -0.15) is 0 Å². The van der Waals surface area contributed by atoms with Gasteiger partial charge in [-0.25, -0.2) is 0 Å². The molecular weight excluding hydrogens is 192 g/mol. The van der Waals surface area contributed by atoms with Gasteiger partial charge >= 0.3 is 0 Å². The first-order valence-corrected chi connectivity index (χ1v) is 8.33. The van der Waals surface area contributed by atoms with E-state index in [0.29, 0.717) is 13.0 Å². The van der Waals surface area contributed by atoms with Crippen LogP contribution < -0.4 is 0 Å². The molecule has 0 N–H and O–H groups in total. The number of hydrogen-bond acceptors (Lipinski definition) is 2. The first kappa shape index (κ1) is 11.1. The minimum Gasteiger partial charge on any atom is -0.485 e. The van der Waals surface area contributed by atoms with E-state index in [1.165, 1.54) is 0 Å². The average Bonchev–Trinajstić information content (AvgIpc) is 2.44. The van der Waals surface area contributed by atoms with E-state index in [1.54, 1.807) is 6.08 Å². The maximum Gasteiger partial charge on any atom is 0.159 e. The van der Waals surface area contributed by atoms with Gasteiger partial charge in [-0.3, -0.25) is 4.79 Å². The van der Waals surface area contributed by atoms with Crippen LogP contribution in [0.4, 0.5) is 0 Å². The number of rotatable bonds is 2. The van der Waals surface area contributed by atoms with Crippen LogP contribution in [0.2, 0.25) is 19.6 Å². The molecule has 0 saturated heterocycles. The van der Waals surface area contributed by atoms with Crippen molar-refractivity contribution >= 4 is 13.9 Å². The van der Waals surface area contributed by atoms with Crippen molar-refractivity contribution in [1.29, 1.82) is 0 Å². The molecule has 0 heterocycles. The summed E-state index contributed by atoms with van der Waals surface area (Å²) < 4.78 is 5.36. The summed E-state index contributed by atoms with van der Waals surface area (Å²) in [6.45, 7) is 7.00. The molecule has 0 radical (unpaired) electrons. The molecule has 0 aromatic heterocycles. The summed E-state index contributed by atoms with van der Waals surface area (Å²) in [5.74, 6) is 3.96. The number of ketones is 1. The molecule has 3 heteroatoms. The molecule has 14 heavy (non-hydrogen) atoms. The number of ether oxygens (including phenoxy) is 1. The van der Waals surface area contributed by atoms with Crippen molar-refractivity contribution in [3.05, 3.63) is 11.8 Å². The van der Waals surface area contributed by atoms with Crippen LogP contribution in [0.5, 0.6) is 0 Å². The third-order valence-corrected chi connectivity index (χ3v) is 2.66. The van der Waals surface area contributed by atoms with Gasteiger partial charge in [-0.1, -0.05) is 25.6 Å². The second kappa shape index (κ2) is 4.47. The first-order chi connectivity index (χ1) is 6.47. The largest absolute Gasteiger partial charge is 0.485 e. The van der Waals surface area contributed by atoms with E-state index in [4.69, 9.17) is 4.74 Å². The predicted molar refractivity (Wildman–Crippen MR) is 59.4 cm³/mol. The van der Waals surface area contributed by atoms with E-state index in [2.05, 4.69) is 31.1 Å². The standard InChI is InChI=1S/C11H16O2Si/c1-14(2,3)8-4-7-13-11-6-5-10(12)9-11/h9H,5-7H2,1-3H3. The first-order valence-electron chi connectivity index (χ1n) is 4.83. The molecule has 0 aromatic carbocycles. The van der Waals surface area contributed by atoms with Crippen LogP contribution in [-0.4, -0.2) is 20.5 Å². The van der Waals surface area contributed by atoms with Gasteiger partial charge in [-0.15, -0.1) is 5.54 Å². The van der Waals surface area contributed by atoms with E-state index >= 15 is 0 Å². The molecule has 0 aliphatic heterocycles. The molecule has 0 fully saturated rings. The molecule has 1 aliphatic rings. The fraction of sp³-hybridized carbons (Fsp3) is 0.545. The van der Waals surface area contributed by atoms with Crippen LogP contribution in [0.25, 0.3) is 0 Å². The molecule has 2 nitrogen and oxygen atoms in total. The summed E-state index contributed by atoms with van der Waals surface area (Å²) in [6.07, 6.45) is 2.92. The summed E-state index contributed by atoms with van der Waals surface area (Å²) in [5.41, 5.74) is 3.21. The molecule has 0 bridgehead atoms. The number of carbonyl (C=O) groups excluding carboxylic acids is 1. The van der Waals surface area contributed by atoms with Gasteiger partial charge in [0, 0.05) is 18.9 Å². The Bertz CT molecular complexity index is 312. The Balaban J connectivity index is 2.31. The fourth-order valence-corrected chi connectivity index (χ4v) is 1.72. The monoisotopic (exact) mass is 208 g/mol. The minimum absolute atomic E-state index is 0.165. The normalized spacial score (nSPS) is 15.9. The van der Waals surface area contributed by atoms with Crippen molar-refractivity contribution in [2.75, 3.05) is 6.61 Å². The molecule has 0 saturated carbocycles. The van der Waals surface area contributed by atoms with Crippen LogP contribution in [0.3, 0.4) is 0 Å². The Morgan fingerprint density at radius 3 is 2.64 bits per heavy atom. The summed E-state index contributed by atoms with van der Waals surface area (Å²) in [6, 6.07) is 0. The number of carbonyl (C=O) groups is 1. The third-order valence-electron chi connectivity index (χ3n) is 1.73. The summed E-state index contributed by atoms with van der Waals surface area (Å²) in [7, 11) is -1.28. The lowest BCUT2D eigenvalue weighted by Gasteiger charge is -2.04. The van der Waals surface area contributed by atoms with E-state index in [9.17, 15) is 4.79 Å². The maximum absolute atomic E-state index is 10.9. The molecule has 1 aliphatic carbocycles. The molecular formula is C11H16O2Si. The SMILES string of the molecule is C[Si](C)(C)C#CCOC1=CC(=O)CC1. The maximum atomic E-state index is 10.9. The average molecular weight is 208 g/mol. The predicted octanol–water partition coefficient (Wildman–Crippen LogP) is 2.13. The zero-order valence-electron chi connectivity index (χ0n) is 9.02. The molecule has 0 spiro atoms. The lowest BCUT2D eigenvalue weighted by Crippen LogP contribution is -2.16. The summed E-state index contributed by atoms with van der Waals surface area (Å²) in [4.78, 5) is 10.9. The van der Waals surface area contributed by atoms with Crippen molar-refractivity contribution in [3.8, 4) is 11.5 Å². The number of allylic oxidation sites excluding steroid dienone is 2. The quantitative estimate of drug-likeness (QED) is 0.513. The summed E-state index contributed by atoms with van der Waals surface area (Å²) in [5, 5.41) is 0. The van der Waals surface area contributed by atoms with E-state index in [1.807, 2.05) is 0 Å². The van der Waals surface area contributed by atoms with Gasteiger partial charge in [-0.05, 0) is 0 Å². The van der Waals surface area contributed by atoms with Crippen molar-refractivity contribution in [2.24, 2.45) is 0 Å². The van der Waals surface area contributed by atoms with Crippen LogP contribution in [-0.2, 0) is 9.53 Å². The highest BCUT2D eigenvalue weighted by molar-refractivity contribution is 6.83. The van der Waals surface area contributed by atoms with Crippen molar-refractivity contribution in [1.82, 2.24) is 0 Å². The highest BCUT2D eigenvalue weighted by Gasteiger charge is 2.12. The highest BCUT2D eigenvalue weighted by atomic mass is 28.3. The van der Waals surface area contributed by atoms with Gasteiger partial charge in [0.25, 0.3) is 0 Å². The molecule has 0 amide bonds. The summed E-state index contributed by atoms with van der Waals surface area (Å²) >= 11 is 0. The molecule has 0 aromatic rings. The lowest BCUT2D eigenvalue weighted by atomic mass is 10.3. The van der Waals surface area contributed by atoms with Gasteiger partial charge < -0.3 is 4.74 Å². The topological polar surface area (TPSA) is 26.3 Å². The van der Waals surface area contributed by atoms with Gasteiger partial charge in [0.15, 0.2) is 5.78 Å². The van der Waals surface area contributed by atoms with E-state index in [0.717, 1.165) is 12.2 Å². The van der Waals surface area contributed by atoms with Crippen LogP contribution in [0.1, 0.15) is 12.8 Å². The Labute approximate surface area is 86.3 Å². The second-order valence-corrected chi connectivity index (χ2v) is 9.17. The number of hydrogen-bond donors (Lipinski definition) is 0. The van der Waals surface area contributed by atoms with Gasteiger partial charge in [0.05, 0.1) is 0 Å². The highest BCUT2D eigenvalue weighted by Crippen LogP contribution is 2.15. The molecule has 0 atom stereocenters. The van der Waals surface area contributed by atoms with E-state index < -0.39 is 8.07 Å².